The van der Waals surface area contributed by atoms with E-state index in [2.05, 4.69) is 5.32 Å². The summed E-state index contributed by atoms with van der Waals surface area (Å²) in [4.78, 5) is 11.1. The van der Waals surface area contributed by atoms with E-state index in [9.17, 15) is 4.79 Å². The van der Waals surface area contributed by atoms with E-state index in [-0.39, 0.29) is 11.9 Å². The van der Waals surface area contributed by atoms with E-state index in [1.807, 2.05) is 0 Å². The first-order valence-corrected chi connectivity index (χ1v) is 4.15. The van der Waals surface area contributed by atoms with Crippen LogP contribution in [0, 0.1) is 5.92 Å². The lowest BCUT2D eigenvalue weighted by atomic mass is 9.89. The van der Waals surface area contributed by atoms with Crippen molar-refractivity contribution in [1.82, 2.24) is 5.32 Å². The Kier molecular flexibility index (Phi) is 1.60. The Morgan fingerprint density at radius 1 is 1.55 bits per heavy atom. The number of methoxy groups -OCH3 is 1. The number of nitrogens with one attached hydrogen (secondary N) is 1. The minimum atomic E-state index is -0.0373. The van der Waals surface area contributed by atoms with Crippen molar-refractivity contribution in [3.05, 3.63) is 0 Å². The van der Waals surface area contributed by atoms with Gasteiger partial charge in [-0.05, 0) is 19.3 Å². The first-order chi connectivity index (χ1) is 5.31. The molecular weight excluding hydrogens is 142 g/mol. The Morgan fingerprint density at radius 2 is 2.36 bits per heavy atom. The average Bonchev–Trinajstić information content (AvgIpc) is 2.62. The van der Waals surface area contributed by atoms with Crippen molar-refractivity contribution in [2.24, 2.45) is 5.92 Å². The Labute approximate surface area is 66.1 Å². The molecule has 0 aromatic heterocycles. The highest BCUT2D eigenvalue weighted by molar-refractivity contribution is 5.74. The quantitative estimate of drug-likeness (QED) is 0.553. The Bertz CT molecular complexity index is 181. The van der Waals surface area contributed by atoms with Crippen molar-refractivity contribution in [3.63, 3.8) is 0 Å². The van der Waals surface area contributed by atoms with Crippen LogP contribution in [0.2, 0.25) is 0 Å². The second-order valence-electron chi connectivity index (χ2n) is 3.41. The summed E-state index contributed by atoms with van der Waals surface area (Å²) in [6, 6.07) is 0.997. The molecule has 11 heavy (non-hydrogen) atoms. The van der Waals surface area contributed by atoms with E-state index >= 15 is 0 Å². The van der Waals surface area contributed by atoms with Gasteiger partial charge < -0.3 is 10.1 Å². The van der Waals surface area contributed by atoms with Gasteiger partial charge in [-0.3, -0.25) is 4.79 Å². The fourth-order valence-corrected chi connectivity index (χ4v) is 2.24. The average molecular weight is 155 g/mol. The van der Waals surface area contributed by atoms with Gasteiger partial charge in [0.1, 0.15) is 0 Å². The largest absolute Gasteiger partial charge is 0.469 e. The van der Waals surface area contributed by atoms with Gasteiger partial charge >= 0.3 is 5.97 Å². The number of rotatable bonds is 1. The Balaban J connectivity index is 2.02. The van der Waals surface area contributed by atoms with Crippen molar-refractivity contribution < 1.29 is 9.53 Å². The van der Waals surface area contributed by atoms with Crippen molar-refractivity contribution >= 4 is 5.97 Å². The normalized spacial score (nSPS) is 41.0. The van der Waals surface area contributed by atoms with Crippen LogP contribution in [0.4, 0.5) is 0 Å². The summed E-state index contributed by atoms with van der Waals surface area (Å²) in [6.07, 6.45) is 3.36. The van der Waals surface area contributed by atoms with Crippen LogP contribution in [0.1, 0.15) is 19.3 Å². The molecule has 3 atom stereocenters. The molecule has 0 amide bonds. The molecule has 0 aromatic carbocycles. The highest BCUT2D eigenvalue weighted by Crippen LogP contribution is 2.33. The third-order valence-corrected chi connectivity index (χ3v) is 2.80. The monoisotopic (exact) mass is 155 g/mol. The number of hydrogen-bond acceptors (Lipinski definition) is 3. The molecule has 0 radical (unpaired) electrons. The molecule has 2 saturated heterocycles. The summed E-state index contributed by atoms with van der Waals surface area (Å²) in [6.45, 7) is 0. The van der Waals surface area contributed by atoms with Crippen LogP contribution < -0.4 is 5.32 Å². The van der Waals surface area contributed by atoms with Crippen LogP contribution in [0.5, 0.6) is 0 Å². The van der Waals surface area contributed by atoms with Crippen LogP contribution >= 0.6 is 0 Å². The van der Waals surface area contributed by atoms with E-state index < -0.39 is 0 Å². The van der Waals surface area contributed by atoms with Crippen LogP contribution in [0.3, 0.4) is 0 Å². The van der Waals surface area contributed by atoms with E-state index in [1.54, 1.807) is 0 Å². The summed E-state index contributed by atoms with van der Waals surface area (Å²) in [5, 5.41) is 3.39. The summed E-state index contributed by atoms with van der Waals surface area (Å²) < 4.78 is 4.71. The van der Waals surface area contributed by atoms with Gasteiger partial charge in [0.05, 0.1) is 13.0 Å². The lowest BCUT2D eigenvalue weighted by Gasteiger charge is -2.16. The lowest BCUT2D eigenvalue weighted by Crippen LogP contribution is -2.29. The zero-order chi connectivity index (χ0) is 7.84. The van der Waals surface area contributed by atoms with Gasteiger partial charge in [-0.15, -0.1) is 0 Å². The third-order valence-electron chi connectivity index (χ3n) is 2.80. The second-order valence-corrected chi connectivity index (χ2v) is 3.41. The molecule has 3 nitrogen and oxygen atoms in total. The molecule has 0 saturated carbocycles. The van der Waals surface area contributed by atoms with Crippen molar-refractivity contribution in [3.8, 4) is 0 Å². The maximum absolute atomic E-state index is 11.1. The fraction of sp³-hybridized carbons (Fsp3) is 0.875. The number of carbonyl (C=O) groups excluding carboxylic acids is 1. The molecule has 2 heterocycles. The van der Waals surface area contributed by atoms with E-state index in [0.717, 1.165) is 12.8 Å². The number of ether oxygens (including phenoxy) is 1. The fourth-order valence-electron chi connectivity index (χ4n) is 2.24. The van der Waals surface area contributed by atoms with Crippen LogP contribution in [-0.4, -0.2) is 25.2 Å². The number of fused-ring (bicyclic) bond motifs is 2. The topological polar surface area (TPSA) is 38.3 Å². The molecule has 1 N–H and O–H groups in total. The first-order valence-electron chi connectivity index (χ1n) is 4.15. The number of hydrogen-bond donors (Lipinski definition) is 1. The van der Waals surface area contributed by atoms with Crippen LogP contribution in [0.25, 0.3) is 0 Å². The summed E-state index contributed by atoms with van der Waals surface area (Å²) in [5.41, 5.74) is 0. The maximum atomic E-state index is 11.1. The Morgan fingerprint density at radius 3 is 2.82 bits per heavy atom. The molecule has 2 rings (SSSR count). The van der Waals surface area contributed by atoms with Gasteiger partial charge in [-0.2, -0.15) is 0 Å². The lowest BCUT2D eigenvalue weighted by molar-refractivity contribution is -0.146. The molecule has 0 spiro atoms. The second kappa shape index (κ2) is 2.48. The number of carbonyl (C=O) groups is 1. The molecule has 2 bridgehead atoms. The smallest absolute Gasteiger partial charge is 0.310 e. The molecular formula is C8H13NO2. The molecule has 0 unspecified atom stereocenters. The zero-order valence-corrected chi connectivity index (χ0v) is 6.67. The van der Waals surface area contributed by atoms with Crippen LogP contribution in [0.15, 0.2) is 0 Å². The van der Waals surface area contributed by atoms with Gasteiger partial charge in [-0.25, -0.2) is 0 Å². The minimum Gasteiger partial charge on any atom is -0.469 e. The molecule has 62 valence electrons. The van der Waals surface area contributed by atoms with E-state index in [0.29, 0.717) is 12.1 Å². The Hall–Kier alpha value is -0.570. The van der Waals surface area contributed by atoms with Gasteiger partial charge in [0.15, 0.2) is 0 Å². The highest BCUT2D eigenvalue weighted by Gasteiger charge is 2.43. The van der Waals surface area contributed by atoms with E-state index in [4.69, 9.17) is 4.74 Å². The first kappa shape index (κ1) is 7.10. The van der Waals surface area contributed by atoms with Crippen molar-refractivity contribution in [2.45, 2.75) is 31.3 Å². The molecule has 2 fully saturated rings. The molecule has 0 aromatic rings. The summed E-state index contributed by atoms with van der Waals surface area (Å²) in [7, 11) is 1.47. The standard InChI is InChI=1S/C8H13NO2/c1-11-8(10)6-4-5-2-3-7(6)9-5/h5-7,9H,2-4H2,1H3/t5-,6+,7-/m0/s1. The predicted octanol–water partition coefficient (Wildman–Crippen LogP) is 0.300. The molecule has 3 heteroatoms. The minimum absolute atomic E-state index is 0.0373. The zero-order valence-electron chi connectivity index (χ0n) is 6.67. The van der Waals surface area contributed by atoms with Gasteiger partial charge in [0.25, 0.3) is 0 Å². The highest BCUT2D eigenvalue weighted by atomic mass is 16.5. The van der Waals surface area contributed by atoms with Gasteiger partial charge in [0, 0.05) is 12.1 Å². The number of esters is 1. The van der Waals surface area contributed by atoms with Crippen LogP contribution in [-0.2, 0) is 9.53 Å². The van der Waals surface area contributed by atoms with Gasteiger partial charge in [0.2, 0.25) is 0 Å². The third kappa shape index (κ3) is 1.03. The molecule has 0 aliphatic carbocycles. The summed E-state index contributed by atoms with van der Waals surface area (Å²) in [5.74, 6) is 0.100. The molecule has 2 aliphatic heterocycles. The van der Waals surface area contributed by atoms with Crippen molar-refractivity contribution in [2.75, 3.05) is 7.11 Å². The SMILES string of the molecule is COC(=O)[C@@H]1C[C@@H]2CC[C@@H]1N2. The predicted molar refractivity (Wildman–Crippen MR) is 40.1 cm³/mol. The maximum Gasteiger partial charge on any atom is 0.310 e. The van der Waals surface area contributed by atoms with E-state index in [1.165, 1.54) is 13.5 Å². The molecule has 2 aliphatic rings. The van der Waals surface area contributed by atoms with Crippen molar-refractivity contribution in [1.29, 1.82) is 0 Å². The van der Waals surface area contributed by atoms with Gasteiger partial charge in [-0.1, -0.05) is 0 Å². The summed E-state index contributed by atoms with van der Waals surface area (Å²) >= 11 is 0.